The van der Waals surface area contributed by atoms with Gasteiger partial charge in [0.05, 0.1) is 22.9 Å². The van der Waals surface area contributed by atoms with Crippen molar-refractivity contribution in [2.75, 3.05) is 11.5 Å². The Morgan fingerprint density at radius 3 is 1.85 bits per heavy atom. The second-order valence-electron chi connectivity index (χ2n) is 6.30. The van der Waals surface area contributed by atoms with Gasteiger partial charge >= 0.3 is 0 Å². The number of thioether (sulfide) groups is 1. The van der Waals surface area contributed by atoms with Crippen LogP contribution in [0.1, 0.15) is 6.42 Å². The van der Waals surface area contributed by atoms with Crippen LogP contribution >= 0.6 is 11.8 Å². The summed E-state index contributed by atoms with van der Waals surface area (Å²) in [5.74, 6) is 0.464. The Morgan fingerprint density at radius 1 is 0.846 bits per heavy atom. The van der Waals surface area contributed by atoms with Crippen LogP contribution in [0.25, 0.3) is 22.5 Å². The van der Waals surface area contributed by atoms with Crippen LogP contribution < -0.4 is 0 Å². The van der Waals surface area contributed by atoms with Gasteiger partial charge in [-0.2, -0.15) is 0 Å². The zero-order valence-electron chi connectivity index (χ0n) is 14.1. The molecule has 1 unspecified atom stereocenters. The highest BCUT2D eigenvalue weighted by molar-refractivity contribution is 8.01. The summed E-state index contributed by atoms with van der Waals surface area (Å²) in [6.45, 7) is 0. The molecule has 2 aromatic carbocycles. The SMILES string of the molecule is O=S1(=O)CCC(Sc2nc(-c3ccccc3)cc(-c3ccccc3)n2)C1. The lowest BCUT2D eigenvalue weighted by molar-refractivity contribution is 0.602. The van der Waals surface area contributed by atoms with Crippen LogP contribution in [0.15, 0.2) is 71.9 Å². The molecule has 4 nitrogen and oxygen atoms in total. The van der Waals surface area contributed by atoms with Crippen molar-refractivity contribution in [3.8, 4) is 22.5 Å². The normalized spacial score (nSPS) is 18.7. The van der Waals surface area contributed by atoms with E-state index in [0.717, 1.165) is 22.5 Å². The molecule has 3 aromatic rings. The van der Waals surface area contributed by atoms with E-state index < -0.39 is 9.84 Å². The fourth-order valence-electron chi connectivity index (χ4n) is 2.99. The van der Waals surface area contributed by atoms with Crippen molar-refractivity contribution in [2.45, 2.75) is 16.8 Å². The topological polar surface area (TPSA) is 59.9 Å². The molecular weight excluding hydrogens is 364 g/mol. The van der Waals surface area contributed by atoms with E-state index in [2.05, 4.69) is 0 Å². The number of sulfone groups is 1. The monoisotopic (exact) mass is 382 g/mol. The summed E-state index contributed by atoms with van der Waals surface area (Å²) in [5.41, 5.74) is 3.74. The molecular formula is C20H18N2O2S2. The van der Waals surface area contributed by atoms with E-state index in [1.54, 1.807) is 0 Å². The Bertz CT molecular complexity index is 949. The lowest BCUT2D eigenvalue weighted by Gasteiger charge is -2.11. The standard InChI is InChI=1S/C20H18N2O2S2/c23-26(24)12-11-17(14-26)25-20-21-18(15-7-3-1-4-8-15)13-19(22-20)16-9-5-2-6-10-16/h1-10,13,17H,11-12,14H2. The summed E-state index contributed by atoms with van der Waals surface area (Å²) in [5, 5.41) is 0.655. The van der Waals surface area contributed by atoms with E-state index in [4.69, 9.17) is 9.97 Å². The molecule has 1 saturated heterocycles. The number of hydrogen-bond acceptors (Lipinski definition) is 5. The van der Waals surface area contributed by atoms with E-state index in [9.17, 15) is 8.42 Å². The van der Waals surface area contributed by atoms with Crippen molar-refractivity contribution < 1.29 is 8.42 Å². The zero-order valence-corrected chi connectivity index (χ0v) is 15.7. The van der Waals surface area contributed by atoms with Crippen LogP contribution in [0.3, 0.4) is 0 Å². The zero-order chi connectivity index (χ0) is 18.0. The third kappa shape index (κ3) is 3.97. The Kier molecular flexibility index (Phi) is 4.78. The molecule has 0 amide bonds. The summed E-state index contributed by atoms with van der Waals surface area (Å²) in [4.78, 5) is 9.39. The fourth-order valence-corrected chi connectivity index (χ4v) is 6.42. The fraction of sp³-hybridized carbons (Fsp3) is 0.200. The third-order valence-electron chi connectivity index (χ3n) is 4.31. The van der Waals surface area contributed by atoms with Gasteiger partial charge in [0.1, 0.15) is 0 Å². The van der Waals surface area contributed by atoms with Crippen molar-refractivity contribution in [3.63, 3.8) is 0 Å². The van der Waals surface area contributed by atoms with Crippen molar-refractivity contribution >= 4 is 21.6 Å². The predicted molar refractivity (Wildman–Crippen MR) is 106 cm³/mol. The van der Waals surface area contributed by atoms with Crippen LogP contribution in [0.4, 0.5) is 0 Å². The highest BCUT2D eigenvalue weighted by Gasteiger charge is 2.29. The third-order valence-corrected chi connectivity index (χ3v) is 7.42. The predicted octanol–water partition coefficient (Wildman–Crippen LogP) is 4.09. The lowest BCUT2D eigenvalue weighted by Crippen LogP contribution is -2.07. The Labute approximate surface area is 157 Å². The minimum atomic E-state index is -2.92. The first-order valence-corrected chi connectivity index (χ1v) is 11.2. The maximum absolute atomic E-state index is 11.8. The van der Waals surface area contributed by atoms with Crippen molar-refractivity contribution in [2.24, 2.45) is 0 Å². The van der Waals surface area contributed by atoms with Crippen LogP contribution in [-0.2, 0) is 9.84 Å². The molecule has 6 heteroatoms. The Balaban J connectivity index is 1.73. The van der Waals surface area contributed by atoms with Gasteiger partial charge in [0, 0.05) is 16.4 Å². The molecule has 0 radical (unpaired) electrons. The van der Waals surface area contributed by atoms with Gasteiger partial charge in [0.2, 0.25) is 0 Å². The van der Waals surface area contributed by atoms with Gasteiger partial charge in [0.25, 0.3) is 0 Å². The van der Waals surface area contributed by atoms with Crippen molar-refractivity contribution in [3.05, 3.63) is 66.7 Å². The number of benzene rings is 2. The first-order chi connectivity index (χ1) is 12.6. The molecule has 0 saturated carbocycles. The van der Waals surface area contributed by atoms with Gasteiger partial charge in [-0.1, -0.05) is 72.4 Å². The van der Waals surface area contributed by atoms with Crippen LogP contribution in [0.5, 0.6) is 0 Å². The molecule has 2 heterocycles. The quantitative estimate of drug-likeness (QED) is 0.636. The molecule has 1 aliphatic rings. The molecule has 0 bridgehead atoms. The maximum atomic E-state index is 11.8. The van der Waals surface area contributed by atoms with E-state index in [1.165, 1.54) is 11.8 Å². The average Bonchev–Trinajstić information content (AvgIpc) is 3.01. The van der Waals surface area contributed by atoms with Crippen LogP contribution in [-0.4, -0.2) is 35.1 Å². The van der Waals surface area contributed by atoms with E-state index in [0.29, 0.717) is 11.6 Å². The lowest BCUT2D eigenvalue weighted by atomic mass is 10.1. The summed E-state index contributed by atoms with van der Waals surface area (Å²) >= 11 is 1.47. The smallest absolute Gasteiger partial charge is 0.188 e. The number of hydrogen-bond donors (Lipinski definition) is 0. The van der Waals surface area contributed by atoms with E-state index >= 15 is 0 Å². The minimum Gasteiger partial charge on any atom is -0.229 e. The highest BCUT2D eigenvalue weighted by atomic mass is 32.2. The van der Waals surface area contributed by atoms with Gasteiger partial charge in [-0.05, 0) is 12.5 Å². The molecule has 1 aromatic heterocycles. The van der Waals surface area contributed by atoms with Crippen molar-refractivity contribution in [1.29, 1.82) is 0 Å². The Hall–Kier alpha value is -2.18. The van der Waals surface area contributed by atoms with Gasteiger partial charge < -0.3 is 0 Å². The van der Waals surface area contributed by atoms with Crippen molar-refractivity contribution in [1.82, 2.24) is 9.97 Å². The largest absolute Gasteiger partial charge is 0.229 e. The molecule has 1 atom stereocenters. The number of aromatic nitrogens is 2. The molecule has 0 spiro atoms. The molecule has 0 N–H and O–H groups in total. The number of rotatable bonds is 4. The summed E-state index contributed by atoms with van der Waals surface area (Å²) < 4.78 is 23.5. The molecule has 26 heavy (non-hydrogen) atoms. The van der Waals surface area contributed by atoms with E-state index in [1.807, 2.05) is 66.7 Å². The van der Waals surface area contributed by atoms with Crippen LogP contribution in [0.2, 0.25) is 0 Å². The second-order valence-corrected chi connectivity index (χ2v) is 9.79. The van der Waals surface area contributed by atoms with Gasteiger partial charge in [-0.3, -0.25) is 0 Å². The highest BCUT2D eigenvalue weighted by Crippen LogP contribution is 2.32. The summed E-state index contributed by atoms with van der Waals surface area (Å²) in [7, 11) is -2.92. The van der Waals surface area contributed by atoms with Gasteiger partial charge in [-0.15, -0.1) is 0 Å². The summed E-state index contributed by atoms with van der Waals surface area (Å²) in [6.07, 6.45) is 0.659. The van der Waals surface area contributed by atoms with Gasteiger partial charge in [-0.25, -0.2) is 18.4 Å². The average molecular weight is 383 g/mol. The second kappa shape index (κ2) is 7.21. The first kappa shape index (κ1) is 17.2. The van der Waals surface area contributed by atoms with Gasteiger partial charge in [0.15, 0.2) is 15.0 Å². The minimum absolute atomic E-state index is 0.0228. The first-order valence-electron chi connectivity index (χ1n) is 8.46. The summed E-state index contributed by atoms with van der Waals surface area (Å²) in [6, 6.07) is 21.9. The molecule has 4 rings (SSSR count). The number of nitrogens with zero attached hydrogens (tertiary/aromatic N) is 2. The van der Waals surface area contributed by atoms with Crippen LogP contribution in [0, 0.1) is 0 Å². The molecule has 1 aliphatic heterocycles. The molecule has 0 aliphatic carbocycles. The Morgan fingerprint density at radius 2 is 1.38 bits per heavy atom. The van der Waals surface area contributed by atoms with E-state index in [-0.39, 0.29) is 16.8 Å². The molecule has 132 valence electrons. The maximum Gasteiger partial charge on any atom is 0.188 e. The molecule has 1 fully saturated rings.